The van der Waals surface area contributed by atoms with Crippen molar-refractivity contribution >= 4 is 0 Å². The summed E-state index contributed by atoms with van der Waals surface area (Å²) in [7, 11) is 0. The van der Waals surface area contributed by atoms with E-state index in [2.05, 4.69) is 59.1 Å². The molecule has 0 spiro atoms. The molecule has 112 valence electrons. The van der Waals surface area contributed by atoms with Gasteiger partial charge in [0.25, 0.3) is 0 Å². The summed E-state index contributed by atoms with van der Waals surface area (Å²) in [5.74, 6) is 0.650. The summed E-state index contributed by atoms with van der Waals surface area (Å²) in [6.45, 7) is 17.1. The molecule has 0 heteroatoms. The van der Waals surface area contributed by atoms with Crippen LogP contribution in [-0.4, -0.2) is 0 Å². The van der Waals surface area contributed by atoms with Crippen molar-refractivity contribution in [1.82, 2.24) is 0 Å². The van der Waals surface area contributed by atoms with E-state index >= 15 is 0 Å². The van der Waals surface area contributed by atoms with Gasteiger partial charge in [-0.15, -0.1) is 6.58 Å². The van der Waals surface area contributed by atoms with E-state index in [9.17, 15) is 0 Å². The summed E-state index contributed by atoms with van der Waals surface area (Å²) in [6, 6.07) is 0. The molecule has 2 unspecified atom stereocenters. The Balaban J connectivity index is 2.92. The highest BCUT2D eigenvalue weighted by Gasteiger charge is 2.41. The molecule has 0 aromatic heterocycles. The predicted octanol–water partition coefficient (Wildman–Crippen LogP) is 6.62. The molecule has 1 rings (SSSR count). The van der Waals surface area contributed by atoms with Gasteiger partial charge in [0.05, 0.1) is 0 Å². The van der Waals surface area contributed by atoms with Crippen LogP contribution in [0.4, 0.5) is 0 Å². The Morgan fingerprint density at radius 1 is 1.40 bits per heavy atom. The van der Waals surface area contributed by atoms with Crippen LogP contribution in [0.15, 0.2) is 48.1 Å². The third-order valence-electron chi connectivity index (χ3n) is 4.92. The van der Waals surface area contributed by atoms with Crippen LogP contribution in [0.2, 0.25) is 0 Å². The molecule has 0 nitrogen and oxygen atoms in total. The summed E-state index contributed by atoms with van der Waals surface area (Å²) in [5, 5.41) is 0. The highest BCUT2D eigenvalue weighted by atomic mass is 14.5. The normalized spacial score (nSPS) is 26.5. The molecule has 0 N–H and O–H groups in total. The lowest BCUT2D eigenvalue weighted by Gasteiger charge is -2.35. The third kappa shape index (κ3) is 3.75. The first-order valence-electron chi connectivity index (χ1n) is 8.13. The van der Waals surface area contributed by atoms with Crippen LogP contribution < -0.4 is 0 Å². The van der Waals surface area contributed by atoms with Crippen molar-refractivity contribution < 1.29 is 0 Å². The van der Waals surface area contributed by atoms with E-state index in [0.29, 0.717) is 11.3 Å². The van der Waals surface area contributed by atoms with E-state index < -0.39 is 0 Å². The summed E-state index contributed by atoms with van der Waals surface area (Å²) in [5.41, 5.74) is 4.75. The Kier molecular flexibility index (Phi) is 6.52. The summed E-state index contributed by atoms with van der Waals surface area (Å²) in [6.07, 6.45) is 14.1. The largest absolute Gasteiger partial charge is 0.100 e. The molecule has 0 aliphatic heterocycles. The highest BCUT2D eigenvalue weighted by molar-refractivity contribution is 5.41. The number of rotatable bonds is 8. The first-order chi connectivity index (χ1) is 9.50. The molecule has 20 heavy (non-hydrogen) atoms. The summed E-state index contributed by atoms with van der Waals surface area (Å²) < 4.78 is 0. The van der Waals surface area contributed by atoms with Gasteiger partial charge < -0.3 is 0 Å². The van der Waals surface area contributed by atoms with Crippen LogP contribution in [0.1, 0.15) is 66.2 Å². The van der Waals surface area contributed by atoms with Crippen molar-refractivity contribution in [2.45, 2.75) is 66.2 Å². The van der Waals surface area contributed by atoms with E-state index in [1.807, 2.05) is 0 Å². The van der Waals surface area contributed by atoms with E-state index in [-0.39, 0.29) is 0 Å². The standard InChI is InChI=1S/C20H32/c1-7-11-19-17(6)20(13-8-2,15-18(19)9-3)14-10-12-16(4)5/h7,9,11,17H,3-4,8,10,12-15H2,1-2,5-6H3/b11-7-. The van der Waals surface area contributed by atoms with Gasteiger partial charge in [-0.1, -0.05) is 50.6 Å². The Morgan fingerprint density at radius 2 is 2.10 bits per heavy atom. The fourth-order valence-electron chi connectivity index (χ4n) is 3.84. The maximum Gasteiger partial charge on any atom is -0.0128 e. The second kappa shape index (κ2) is 7.67. The average Bonchev–Trinajstić information content (AvgIpc) is 2.65. The van der Waals surface area contributed by atoms with Crippen LogP contribution in [-0.2, 0) is 0 Å². The highest BCUT2D eigenvalue weighted by Crippen LogP contribution is 2.53. The summed E-state index contributed by atoms with van der Waals surface area (Å²) >= 11 is 0. The average molecular weight is 272 g/mol. The lowest BCUT2D eigenvalue weighted by atomic mass is 9.69. The monoisotopic (exact) mass is 272 g/mol. The molecule has 0 saturated heterocycles. The van der Waals surface area contributed by atoms with Crippen LogP contribution in [0.3, 0.4) is 0 Å². The lowest BCUT2D eigenvalue weighted by molar-refractivity contribution is 0.181. The van der Waals surface area contributed by atoms with Gasteiger partial charge in [-0.25, -0.2) is 0 Å². The van der Waals surface area contributed by atoms with Crippen LogP contribution in [0, 0.1) is 11.3 Å². The van der Waals surface area contributed by atoms with E-state index in [1.54, 1.807) is 0 Å². The molecule has 0 fully saturated rings. The zero-order valence-electron chi connectivity index (χ0n) is 14.0. The van der Waals surface area contributed by atoms with Gasteiger partial charge in [0, 0.05) is 0 Å². The van der Waals surface area contributed by atoms with Gasteiger partial charge >= 0.3 is 0 Å². The Bertz CT molecular complexity index is 408. The van der Waals surface area contributed by atoms with Crippen LogP contribution >= 0.6 is 0 Å². The molecular formula is C20H32. The minimum atomic E-state index is 0.447. The topological polar surface area (TPSA) is 0 Å². The minimum Gasteiger partial charge on any atom is -0.100 e. The lowest BCUT2D eigenvalue weighted by Crippen LogP contribution is -2.25. The Morgan fingerprint density at radius 3 is 2.60 bits per heavy atom. The molecular weight excluding hydrogens is 240 g/mol. The van der Waals surface area contributed by atoms with Gasteiger partial charge in [0.1, 0.15) is 0 Å². The summed E-state index contributed by atoms with van der Waals surface area (Å²) in [4.78, 5) is 0. The van der Waals surface area contributed by atoms with Crippen molar-refractivity contribution in [1.29, 1.82) is 0 Å². The maximum atomic E-state index is 4.04. The molecule has 0 amide bonds. The second-order valence-electron chi connectivity index (χ2n) is 6.51. The molecule has 1 aliphatic carbocycles. The van der Waals surface area contributed by atoms with E-state index in [0.717, 1.165) is 0 Å². The predicted molar refractivity (Wildman–Crippen MR) is 91.8 cm³/mol. The van der Waals surface area contributed by atoms with Crippen LogP contribution in [0.25, 0.3) is 0 Å². The molecule has 0 radical (unpaired) electrons. The van der Waals surface area contributed by atoms with Crippen molar-refractivity contribution in [3.8, 4) is 0 Å². The van der Waals surface area contributed by atoms with Gasteiger partial charge in [0.15, 0.2) is 0 Å². The minimum absolute atomic E-state index is 0.447. The van der Waals surface area contributed by atoms with E-state index in [1.165, 1.54) is 55.2 Å². The Labute approximate surface area is 126 Å². The zero-order valence-corrected chi connectivity index (χ0v) is 14.0. The molecule has 0 heterocycles. The van der Waals surface area contributed by atoms with Gasteiger partial charge in [0.2, 0.25) is 0 Å². The Hall–Kier alpha value is -1.04. The maximum absolute atomic E-state index is 4.04. The van der Waals surface area contributed by atoms with Gasteiger partial charge in [-0.3, -0.25) is 0 Å². The van der Waals surface area contributed by atoms with Crippen molar-refractivity contribution in [2.75, 3.05) is 0 Å². The molecule has 0 aromatic rings. The number of allylic oxidation sites excluding steroid dienone is 6. The van der Waals surface area contributed by atoms with Gasteiger partial charge in [-0.05, 0) is 68.4 Å². The molecule has 1 aliphatic rings. The van der Waals surface area contributed by atoms with Crippen molar-refractivity contribution in [3.05, 3.63) is 48.1 Å². The third-order valence-corrected chi connectivity index (χ3v) is 4.92. The molecule has 0 aromatic carbocycles. The van der Waals surface area contributed by atoms with Crippen molar-refractivity contribution in [2.24, 2.45) is 11.3 Å². The number of hydrogen-bond donors (Lipinski definition) is 0. The zero-order chi connectivity index (χ0) is 15.2. The van der Waals surface area contributed by atoms with Crippen LogP contribution in [0.5, 0.6) is 0 Å². The second-order valence-corrected chi connectivity index (χ2v) is 6.51. The first kappa shape index (κ1) is 17.0. The number of hydrogen-bond acceptors (Lipinski definition) is 0. The van der Waals surface area contributed by atoms with Crippen molar-refractivity contribution in [3.63, 3.8) is 0 Å². The van der Waals surface area contributed by atoms with Gasteiger partial charge in [-0.2, -0.15) is 0 Å². The molecule has 0 saturated carbocycles. The SMILES string of the molecule is C=CC1=C(/C=C\C)C(C)C(CCC)(CCCC(=C)C)C1. The first-order valence-corrected chi connectivity index (χ1v) is 8.13. The fraction of sp³-hybridized carbons (Fsp3) is 0.600. The fourth-order valence-corrected chi connectivity index (χ4v) is 3.84. The van der Waals surface area contributed by atoms with E-state index in [4.69, 9.17) is 0 Å². The quantitative estimate of drug-likeness (QED) is 0.436. The molecule has 2 atom stereocenters. The molecule has 0 bridgehead atoms. The smallest absolute Gasteiger partial charge is 0.0128 e.